The lowest BCUT2D eigenvalue weighted by atomic mass is 9.84. The predicted octanol–water partition coefficient (Wildman–Crippen LogP) is 13.2. The van der Waals surface area contributed by atoms with Crippen LogP contribution in [0.4, 0.5) is 0 Å². The third-order valence-corrected chi connectivity index (χ3v) is 9.86. The highest BCUT2D eigenvalue weighted by Gasteiger charge is 2.18. The molecule has 1 nitrogen and oxygen atoms in total. The van der Waals surface area contributed by atoms with Crippen molar-refractivity contribution in [3.8, 4) is 33.4 Å². The van der Waals surface area contributed by atoms with Crippen LogP contribution in [-0.4, -0.2) is 0 Å². The molecule has 218 valence electrons. The van der Waals surface area contributed by atoms with E-state index in [0.717, 1.165) is 16.6 Å². The molecule has 1 aromatic heterocycles. The van der Waals surface area contributed by atoms with Crippen LogP contribution in [0.3, 0.4) is 0 Å². The average molecular weight is 597 g/mol. The lowest BCUT2D eigenvalue weighted by Gasteiger charge is -2.19. The van der Waals surface area contributed by atoms with Crippen LogP contribution in [0.15, 0.2) is 174 Å². The number of furan rings is 1. The van der Waals surface area contributed by atoms with Gasteiger partial charge < -0.3 is 4.42 Å². The van der Waals surface area contributed by atoms with Crippen molar-refractivity contribution in [3.63, 3.8) is 0 Å². The van der Waals surface area contributed by atoms with Crippen molar-refractivity contribution in [2.24, 2.45) is 0 Å². The first-order valence-corrected chi connectivity index (χ1v) is 16.2. The van der Waals surface area contributed by atoms with Crippen LogP contribution >= 0.6 is 0 Å². The summed E-state index contributed by atoms with van der Waals surface area (Å²) >= 11 is 0. The van der Waals surface area contributed by atoms with Crippen LogP contribution in [0.25, 0.3) is 98.4 Å². The molecule has 0 atom stereocenters. The zero-order valence-electron chi connectivity index (χ0n) is 25.6. The maximum absolute atomic E-state index is 6.14. The minimum atomic E-state index is 0.930. The van der Waals surface area contributed by atoms with Crippen molar-refractivity contribution in [1.29, 1.82) is 0 Å². The Hall–Kier alpha value is -6.18. The fourth-order valence-electron chi connectivity index (χ4n) is 7.74. The lowest BCUT2D eigenvalue weighted by molar-refractivity contribution is 0.669. The van der Waals surface area contributed by atoms with E-state index in [1.807, 2.05) is 12.1 Å². The van der Waals surface area contributed by atoms with E-state index in [1.54, 1.807) is 0 Å². The fourth-order valence-corrected chi connectivity index (χ4v) is 7.74. The van der Waals surface area contributed by atoms with E-state index in [0.29, 0.717) is 0 Å². The molecule has 0 N–H and O–H groups in total. The van der Waals surface area contributed by atoms with Gasteiger partial charge in [-0.1, -0.05) is 152 Å². The molecule has 1 heterocycles. The normalized spacial score (nSPS) is 11.8. The number of rotatable bonds is 3. The van der Waals surface area contributed by atoms with Crippen molar-refractivity contribution in [2.45, 2.75) is 0 Å². The SMILES string of the molecule is c1ccc2c(-c3c4ccccc4c(-c4ccc(-c5ccc6c(ccc7oc8ccccc8c76)c5)cc4)c4ccccc34)cccc2c1. The van der Waals surface area contributed by atoms with Gasteiger partial charge in [-0.25, -0.2) is 0 Å². The summed E-state index contributed by atoms with van der Waals surface area (Å²) in [5, 5.41) is 12.4. The third kappa shape index (κ3) is 3.97. The van der Waals surface area contributed by atoms with Gasteiger partial charge in [0.2, 0.25) is 0 Å². The lowest BCUT2D eigenvalue weighted by Crippen LogP contribution is -1.91. The molecule has 47 heavy (non-hydrogen) atoms. The summed E-state index contributed by atoms with van der Waals surface area (Å²) in [6.07, 6.45) is 0. The Labute approximate surface area is 271 Å². The Kier molecular flexibility index (Phi) is 5.64. The fraction of sp³-hybridized carbons (Fsp3) is 0. The van der Waals surface area contributed by atoms with Crippen LogP contribution in [-0.2, 0) is 0 Å². The standard InChI is InChI=1S/C46H28O/c1-2-12-34-30(10-1)11-9-18-36(34)45-39-15-5-3-13-37(39)44(38-14-4-6-16-40(38)45)31-22-20-29(21-23-31)32-24-26-35-33(28-32)25-27-43-46(35)41-17-7-8-19-42(41)47-43/h1-28H. The van der Waals surface area contributed by atoms with Gasteiger partial charge in [-0.15, -0.1) is 0 Å². The summed E-state index contributed by atoms with van der Waals surface area (Å²) in [6, 6.07) is 61.6. The van der Waals surface area contributed by atoms with Gasteiger partial charge in [0.05, 0.1) is 0 Å². The summed E-state index contributed by atoms with van der Waals surface area (Å²) in [5.41, 5.74) is 9.34. The number of benzene rings is 9. The zero-order valence-corrected chi connectivity index (χ0v) is 25.6. The van der Waals surface area contributed by atoms with Crippen molar-refractivity contribution in [3.05, 3.63) is 170 Å². The van der Waals surface area contributed by atoms with Gasteiger partial charge >= 0.3 is 0 Å². The molecule has 0 aliphatic heterocycles. The molecule has 0 radical (unpaired) electrons. The Morgan fingerprint density at radius 3 is 1.62 bits per heavy atom. The smallest absolute Gasteiger partial charge is 0.136 e. The second kappa shape index (κ2) is 10.2. The second-order valence-corrected chi connectivity index (χ2v) is 12.4. The molecule has 0 bridgehead atoms. The van der Waals surface area contributed by atoms with E-state index in [2.05, 4.69) is 158 Å². The molecular weight excluding hydrogens is 569 g/mol. The van der Waals surface area contributed by atoms with Crippen LogP contribution < -0.4 is 0 Å². The van der Waals surface area contributed by atoms with E-state index >= 15 is 0 Å². The van der Waals surface area contributed by atoms with Crippen LogP contribution in [0.5, 0.6) is 0 Å². The molecule has 10 rings (SSSR count). The van der Waals surface area contributed by atoms with Gasteiger partial charge in [-0.3, -0.25) is 0 Å². The molecule has 0 saturated carbocycles. The zero-order chi connectivity index (χ0) is 30.9. The molecule has 10 aromatic rings. The number of fused-ring (bicyclic) bond motifs is 8. The first-order valence-electron chi connectivity index (χ1n) is 16.2. The number of para-hydroxylation sites is 1. The van der Waals surface area contributed by atoms with E-state index in [9.17, 15) is 0 Å². The first kappa shape index (κ1) is 26.1. The summed E-state index contributed by atoms with van der Waals surface area (Å²) in [7, 11) is 0. The topological polar surface area (TPSA) is 13.1 Å². The first-order chi connectivity index (χ1) is 23.3. The highest BCUT2D eigenvalue weighted by molar-refractivity contribution is 6.23. The molecule has 0 amide bonds. The Morgan fingerprint density at radius 2 is 0.872 bits per heavy atom. The number of hydrogen-bond donors (Lipinski definition) is 0. The van der Waals surface area contributed by atoms with Gasteiger partial charge in [0.1, 0.15) is 11.2 Å². The molecule has 0 spiro atoms. The molecule has 1 heteroatoms. The summed E-state index contributed by atoms with van der Waals surface area (Å²) < 4.78 is 6.14. The maximum atomic E-state index is 6.14. The minimum Gasteiger partial charge on any atom is -0.456 e. The van der Waals surface area contributed by atoms with Crippen molar-refractivity contribution in [1.82, 2.24) is 0 Å². The highest BCUT2D eigenvalue weighted by Crippen LogP contribution is 2.45. The monoisotopic (exact) mass is 596 g/mol. The summed E-state index contributed by atoms with van der Waals surface area (Å²) in [6.45, 7) is 0. The molecule has 0 fully saturated rings. The quantitative estimate of drug-likeness (QED) is 0.185. The Balaban J connectivity index is 1.14. The number of hydrogen-bond acceptors (Lipinski definition) is 1. The van der Waals surface area contributed by atoms with E-state index in [1.165, 1.54) is 81.9 Å². The highest BCUT2D eigenvalue weighted by atomic mass is 16.3. The molecule has 0 aliphatic carbocycles. The minimum absolute atomic E-state index is 0.930. The summed E-state index contributed by atoms with van der Waals surface area (Å²) in [5.74, 6) is 0. The third-order valence-electron chi connectivity index (χ3n) is 9.86. The van der Waals surface area contributed by atoms with Gasteiger partial charge in [-0.2, -0.15) is 0 Å². The summed E-state index contributed by atoms with van der Waals surface area (Å²) in [4.78, 5) is 0. The second-order valence-electron chi connectivity index (χ2n) is 12.4. The van der Waals surface area contributed by atoms with Gasteiger partial charge in [0.15, 0.2) is 0 Å². The van der Waals surface area contributed by atoms with Crippen molar-refractivity contribution >= 4 is 65.0 Å². The van der Waals surface area contributed by atoms with Crippen LogP contribution in [0.1, 0.15) is 0 Å². The molecule has 0 aliphatic rings. The van der Waals surface area contributed by atoms with E-state index in [4.69, 9.17) is 4.42 Å². The molecule has 0 unspecified atom stereocenters. The van der Waals surface area contributed by atoms with E-state index in [-0.39, 0.29) is 0 Å². The largest absolute Gasteiger partial charge is 0.456 e. The van der Waals surface area contributed by atoms with Gasteiger partial charge in [0.25, 0.3) is 0 Å². The van der Waals surface area contributed by atoms with Crippen LogP contribution in [0, 0.1) is 0 Å². The Bertz CT molecular complexity index is 2770. The molecular formula is C46H28O. The van der Waals surface area contributed by atoms with Crippen LogP contribution in [0.2, 0.25) is 0 Å². The Morgan fingerprint density at radius 1 is 0.298 bits per heavy atom. The average Bonchev–Trinajstić information content (AvgIpc) is 3.53. The van der Waals surface area contributed by atoms with Gasteiger partial charge in [-0.05, 0) is 94.7 Å². The molecule has 9 aromatic carbocycles. The predicted molar refractivity (Wildman–Crippen MR) is 200 cm³/mol. The van der Waals surface area contributed by atoms with Crippen molar-refractivity contribution < 1.29 is 4.42 Å². The van der Waals surface area contributed by atoms with Crippen molar-refractivity contribution in [2.75, 3.05) is 0 Å². The molecule has 0 saturated heterocycles. The van der Waals surface area contributed by atoms with E-state index < -0.39 is 0 Å². The van der Waals surface area contributed by atoms with Gasteiger partial charge in [0, 0.05) is 10.8 Å². The maximum Gasteiger partial charge on any atom is 0.136 e.